The Bertz CT molecular complexity index is 1150. The monoisotopic (exact) mass is 557 g/mol. The molecule has 0 bridgehead atoms. The SMILES string of the molecule is COC(=O)[C@H](CCSC)NC(=O)CN1C[C@H](N(C)C(=O)[C@H](N)CS)N=C(c2ccccc2)c2ccccc21. The molecule has 2 aromatic carbocycles. The first kappa shape index (κ1) is 29.5. The summed E-state index contributed by atoms with van der Waals surface area (Å²) in [5, 5.41) is 2.82. The lowest BCUT2D eigenvalue weighted by Gasteiger charge is -2.32. The zero-order chi connectivity index (χ0) is 27.7. The largest absolute Gasteiger partial charge is 0.467 e. The van der Waals surface area contributed by atoms with Crippen LogP contribution in [0.1, 0.15) is 17.5 Å². The van der Waals surface area contributed by atoms with Crippen LogP contribution >= 0.6 is 24.4 Å². The van der Waals surface area contributed by atoms with Gasteiger partial charge < -0.3 is 25.6 Å². The van der Waals surface area contributed by atoms with Crippen molar-refractivity contribution in [2.75, 3.05) is 49.9 Å². The first-order valence-corrected chi connectivity index (χ1v) is 14.3. The fraction of sp³-hybridized carbons (Fsp3) is 0.407. The van der Waals surface area contributed by atoms with E-state index in [0.717, 1.165) is 16.8 Å². The number of benzene rings is 2. The number of hydrogen-bond acceptors (Lipinski definition) is 9. The molecule has 1 aliphatic heterocycles. The number of para-hydroxylation sites is 1. The summed E-state index contributed by atoms with van der Waals surface area (Å²) in [5.74, 6) is -0.218. The molecular formula is C27H35N5O4S2. The fourth-order valence-corrected chi connectivity index (χ4v) is 4.84. The number of ether oxygens (including phenoxy) is 1. The summed E-state index contributed by atoms with van der Waals surface area (Å²) in [6, 6.07) is 15.9. The molecule has 0 saturated heterocycles. The van der Waals surface area contributed by atoms with Gasteiger partial charge in [-0.3, -0.25) is 14.6 Å². The lowest BCUT2D eigenvalue weighted by Crippen LogP contribution is -2.52. The molecule has 9 nitrogen and oxygen atoms in total. The molecule has 0 unspecified atom stereocenters. The highest BCUT2D eigenvalue weighted by molar-refractivity contribution is 7.98. The number of amides is 2. The number of methoxy groups -OCH3 is 1. The van der Waals surface area contributed by atoms with Crippen molar-refractivity contribution in [1.29, 1.82) is 0 Å². The van der Waals surface area contributed by atoms with Crippen LogP contribution in [0.3, 0.4) is 0 Å². The molecule has 0 spiro atoms. The van der Waals surface area contributed by atoms with Gasteiger partial charge in [0.05, 0.1) is 32.0 Å². The predicted octanol–water partition coefficient (Wildman–Crippen LogP) is 1.80. The molecular weight excluding hydrogens is 522 g/mol. The Kier molecular flexibility index (Phi) is 11.1. The Morgan fingerprint density at radius 2 is 1.89 bits per heavy atom. The van der Waals surface area contributed by atoms with Crippen molar-refractivity contribution in [1.82, 2.24) is 10.2 Å². The highest BCUT2D eigenvalue weighted by atomic mass is 32.2. The first-order chi connectivity index (χ1) is 18.3. The highest BCUT2D eigenvalue weighted by Gasteiger charge is 2.32. The van der Waals surface area contributed by atoms with E-state index in [0.29, 0.717) is 17.9 Å². The number of thioether (sulfide) groups is 1. The maximum Gasteiger partial charge on any atom is 0.328 e. The van der Waals surface area contributed by atoms with Gasteiger partial charge >= 0.3 is 5.97 Å². The number of rotatable bonds is 11. The summed E-state index contributed by atoms with van der Waals surface area (Å²) < 4.78 is 4.89. The van der Waals surface area contributed by atoms with Crippen LogP contribution in [0, 0.1) is 0 Å². The second-order valence-corrected chi connectivity index (χ2v) is 10.2. The summed E-state index contributed by atoms with van der Waals surface area (Å²) in [5.41, 5.74) is 9.23. The van der Waals surface area contributed by atoms with Crippen LogP contribution in [0.4, 0.5) is 5.69 Å². The maximum absolute atomic E-state index is 13.2. The third-order valence-corrected chi connectivity index (χ3v) is 7.32. The molecule has 0 radical (unpaired) electrons. The number of likely N-dealkylation sites (N-methyl/N-ethyl adjacent to an activating group) is 1. The Labute approximate surface area is 233 Å². The van der Waals surface area contributed by atoms with Gasteiger partial charge in [0, 0.05) is 29.6 Å². The van der Waals surface area contributed by atoms with Gasteiger partial charge in [0.15, 0.2) is 0 Å². The average Bonchev–Trinajstić information content (AvgIpc) is 3.11. The second-order valence-electron chi connectivity index (χ2n) is 8.88. The van der Waals surface area contributed by atoms with E-state index in [2.05, 4.69) is 17.9 Å². The van der Waals surface area contributed by atoms with E-state index in [1.807, 2.05) is 65.8 Å². The maximum atomic E-state index is 13.2. The van der Waals surface area contributed by atoms with Gasteiger partial charge in [0.1, 0.15) is 12.2 Å². The van der Waals surface area contributed by atoms with E-state index >= 15 is 0 Å². The topological polar surface area (TPSA) is 117 Å². The van der Waals surface area contributed by atoms with Gasteiger partial charge in [-0.15, -0.1) is 0 Å². The molecule has 11 heteroatoms. The summed E-state index contributed by atoms with van der Waals surface area (Å²) in [6.07, 6.45) is 1.77. The van der Waals surface area contributed by atoms with E-state index in [9.17, 15) is 14.4 Å². The van der Waals surface area contributed by atoms with Crippen molar-refractivity contribution in [3.05, 3.63) is 65.7 Å². The number of anilines is 1. The normalized spacial score (nSPS) is 16.4. The standard InChI is InChI=1S/C27H35N5O4S2/c1-31(26(34)20(28)17-37)23-15-32(16-24(33)29-21(13-14-38-3)27(35)36-2)22-12-8-7-11-19(22)25(30-23)18-9-5-4-6-10-18/h4-12,20-21,23,37H,13-17,28H2,1-3H3,(H,29,33)/t20-,21+,23+/m1/s1. The van der Waals surface area contributed by atoms with Gasteiger partial charge in [-0.05, 0) is 24.5 Å². The first-order valence-electron chi connectivity index (χ1n) is 12.3. The number of fused-ring (bicyclic) bond motifs is 1. The summed E-state index contributed by atoms with van der Waals surface area (Å²) in [6.45, 7) is 0.203. The van der Waals surface area contributed by atoms with Crippen LogP contribution in [-0.2, 0) is 19.1 Å². The molecule has 0 aromatic heterocycles. The number of hydrogen-bond donors (Lipinski definition) is 3. The Hall–Kier alpha value is -3.02. The molecule has 3 N–H and O–H groups in total. The van der Waals surface area contributed by atoms with Crippen LogP contribution in [-0.4, -0.2) is 91.7 Å². The van der Waals surface area contributed by atoms with Gasteiger partial charge in [0.2, 0.25) is 11.8 Å². The Balaban J connectivity index is 1.99. The second kappa shape index (κ2) is 14.2. The van der Waals surface area contributed by atoms with Crippen molar-refractivity contribution in [3.63, 3.8) is 0 Å². The molecule has 38 heavy (non-hydrogen) atoms. The summed E-state index contributed by atoms with van der Waals surface area (Å²) >= 11 is 5.77. The van der Waals surface area contributed by atoms with E-state index in [1.54, 1.807) is 18.8 Å². The van der Waals surface area contributed by atoms with Crippen LogP contribution in [0.25, 0.3) is 0 Å². The number of aliphatic imine (C=N–C) groups is 1. The minimum atomic E-state index is -0.779. The molecule has 1 heterocycles. The lowest BCUT2D eigenvalue weighted by atomic mass is 10.0. The number of nitrogens with zero attached hydrogens (tertiary/aromatic N) is 3. The number of esters is 1. The zero-order valence-electron chi connectivity index (χ0n) is 21.9. The third kappa shape index (κ3) is 7.30. The van der Waals surface area contributed by atoms with Crippen molar-refractivity contribution in [3.8, 4) is 0 Å². The van der Waals surface area contributed by atoms with E-state index in [-0.39, 0.29) is 30.7 Å². The predicted molar refractivity (Wildman–Crippen MR) is 156 cm³/mol. The van der Waals surface area contributed by atoms with Crippen molar-refractivity contribution < 1.29 is 19.1 Å². The number of carbonyl (C=O) groups excluding carboxylic acids is 3. The number of benzodiazepines with no additional fused rings is 1. The number of thiol groups is 1. The molecule has 0 saturated carbocycles. The van der Waals surface area contributed by atoms with E-state index in [4.69, 9.17) is 15.5 Å². The lowest BCUT2D eigenvalue weighted by molar-refractivity contribution is -0.145. The molecule has 0 aliphatic carbocycles. The van der Waals surface area contributed by atoms with Gasteiger partial charge in [-0.1, -0.05) is 48.5 Å². The minimum Gasteiger partial charge on any atom is -0.467 e. The van der Waals surface area contributed by atoms with Gasteiger partial charge in [0.25, 0.3) is 0 Å². The van der Waals surface area contributed by atoms with Crippen molar-refractivity contribution >= 4 is 53.6 Å². The van der Waals surface area contributed by atoms with Crippen molar-refractivity contribution in [2.45, 2.75) is 24.7 Å². The minimum absolute atomic E-state index is 0.0431. The smallest absolute Gasteiger partial charge is 0.328 e. The average molecular weight is 558 g/mol. The number of carbonyl (C=O) groups is 3. The van der Waals surface area contributed by atoms with Gasteiger partial charge in [-0.2, -0.15) is 24.4 Å². The van der Waals surface area contributed by atoms with E-state index < -0.39 is 24.2 Å². The number of nitrogens with one attached hydrogen (secondary N) is 1. The highest BCUT2D eigenvalue weighted by Crippen LogP contribution is 2.28. The zero-order valence-corrected chi connectivity index (χ0v) is 23.6. The van der Waals surface area contributed by atoms with Gasteiger partial charge in [-0.25, -0.2) is 4.79 Å². The number of nitrogens with two attached hydrogens (primary N) is 1. The quantitative estimate of drug-likeness (QED) is 0.285. The fourth-order valence-electron chi connectivity index (χ4n) is 4.22. The Morgan fingerprint density at radius 3 is 2.55 bits per heavy atom. The van der Waals surface area contributed by atoms with Crippen LogP contribution < -0.4 is 16.0 Å². The molecule has 0 fully saturated rings. The van der Waals surface area contributed by atoms with Crippen LogP contribution in [0.2, 0.25) is 0 Å². The molecule has 1 aliphatic rings. The summed E-state index contributed by atoms with van der Waals surface area (Å²) in [7, 11) is 2.97. The van der Waals surface area contributed by atoms with Crippen LogP contribution in [0.5, 0.6) is 0 Å². The molecule has 2 aromatic rings. The molecule has 3 atom stereocenters. The third-order valence-electron chi connectivity index (χ3n) is 6.28. The van der Waals surface area contributed by atoms with Crippen molar-refractivity contribution in [2.24, 2.45) is 10.7 Å². The Morgan fingerprint density at radius 1 is 1.21 bits per heavy atom. The summed E-state index contributed by atoms with van der Waals surface area (Å²) in [4.78, 5) is 46.9. The molecule has 204 valence electrons. The van der Waals surface area contributed by atoms with Crippen LogP contribution in [0.15, 0.2) is 59.6 Å². The molecule has 3 rings (SSSR count). The molecule has 2 amide bonds. The van der Waals surface area contributed by atoms with E-state index in [1.165, 1.54) is 12.0 Å².